The summed E-state index contributed by atoms with van der Waals surface area (Å²) in [5, 5.41) is 3.29. The maximum absolute atomic E-state index is 13.5. The number of benzene rings is 4. The lowest BCUT2D eigenvalue weighted by molar-refractivity contribution is 0.119. The molecule has 0 aliphatic carbocycles. The third kappa shape index (κ3) is 5.08. The van der Waals surface area contributed by atoms with Crippen molar-refractivity contribution in [3.63, 3.8) is 0 Å². The van der Waals surface area contributed by atoms with Crippen LogP contribution in [0.1, 0.15) is 34.3 Å². The topological polar surface area (TPSA) is 54.0 Å². The lowest BCUT2D eigenvalue weighted by atomic mass is 9.96. The smallest absolute Gasteiger partial charge is 0.318 e. The molecule has 6 rings (SSSR count). The van der Waals surface area contributed by atoms with E-state index < -0.39 is 0 Å². The van der Waals surface area contributed by atoms with E-state index >= 15 is 0 Å². The Labute approximate surface area is 223 Å². The molecule has 1 N–H and O–H groups in total. The van der Waals surface area contributed by atoms with Crippen LogP contribution in [0.25, 0.3) is 0 Å². The van der Waals surface area contributed by atoms with Crippen LogP contribution in [0.3, 0.4) is 0 Å². The third-order valence-corrected chi connectivity index (χ3v) is 7.33. The molecule has 4 aromatic carbocycles. The van der Waals surface area contributed by atoms with Crippen LogP contribution in [0.4, 0.5) is 4.79 Å². The van der Waals surface area contributed by atoms with Crippen LogP contribution in [0.2, 0.25) is 0 Å². The Morgan fingerprint density at radius 1 is 0.632 bits per heavy atom. The van der Waals surface area contributed by atoms with Crippen LogP contribution in [-0.4, -0.2) is 48.8 Å². The molecule has 2 aliphatic heterocycles. The van der Waals surface area contributed by atoms with Crippen LogP contribution in [0.15, 0.2) is 109 Å². The van der Waals surface area contributed by atoms with Gasteiger partial charge in [-0.05, 0) is 34.4 Å². The van der Waals surface area contributed by atoms with Crippen LogP contribution >= 0.6 is 0 Å². The molecular weight excluding hydrogens is 474 g/mol. The molecule has 38 heavy (non-hydrogen) atoms. The van der Waals surface area contributed by atoms with E-state index in [1.807, 2.05) is 53.4 Å². The third-order valence-electron chi connectivity index (χ3n) is 7.33. The zero-order valence-corrected chi connectivity index (χ0v) is 21.2. The molecule has 2 aliphatic rings. The number of urea groups is 1. The summed E-state index contributed by atoms with van der Waals surface area (Å²) in [4.78, 5) is 17.8. The van der Waals surface area contributed by atoms with Gasteiger partial charge in [0.05, 0.1) is 12.1 Å². The van der Waals surface area contributed by atoms with Gasteiger partial charge in [-0.1, -0.05) is 97.1 Å². The minimum absolute atomic E-state index is 0.0401. The van der Waals surface area contributed by atoms with Crippen LogP contribution < -0.4 is 14.8 Å². The molecule has 1 saturated heterocycles. The average molecular weight is 506 g/mol. The first-order chi connectivity index (χ1) is 18.8. The van der Waals surface area contributed by atoms with Gasteiger partial charge < -0.3 is 19.7 Å². The number of rotatable bonds is 6. The molecule has 4 aromatic rings. The van der Waals surface area contributed by atoms with E-state index in [4.69, 9.17) is 9.47 Å². The van der Waals surface area contributed by atoms with E-state index in [-0.39, 0.29) is 24.9 Å². The SMILES string of the molecule is O=C(NC(c1ccccc1)c1ccccc1)N1CCN(C(c2ccccc2)c2ccc3c(c2)OCO3)CC1. The molecule has 0 aromatic heterocycles. The monoisotopic (exact) mass is 505 g/mol. The highest BCUT2D eigenvalue weighted by molar-refractivity contribution is 5.75. The number of carbonyl (C=O) groups excluding carboxylic acids is 1. The van der Waals surface area contributed by atoms with Crippen LogP contribution in [0.5, 0.6) is 11.5 Å². The molecular formula is C32H31N3O3. The highest BCUT2D eigenvalue weighted by Crippen LogP contribution is 2.38. The summed E-state index contributed by atoms with van der Waals surface area (Å²) in [7, 11) is 0. The Balaban J connectivity index is 1.18. The number of carbonyl (C=O) groups is 1. The normalized spacial score (nSPS) is 15.9. The van der Waals surface area contributed by atoms with Crippen molar-refractivity contribution >= 4 is 6.03 Å². The molecule has 0 radical (unpaired) electrons. The van der Waals surface area contributed by atoms with Gasteiger partial charge >= 0.3 is 6.03 Å². The van der Waals surface area contributed by atoms with E-state index in [0.717, 1.165) is 41.3 Å². The standard InChI is InChI=1S/C32H31N3O3/c36-32(33-30(24-10-4-1-5-11-24)25-12-6-2-7-13-25)35-20-18-34(19-21-35)31(26-14-8-3-9-15-26)27-16-17-28-29(22-27)38-23-37-28/h1-17,22,30-31H,18-21,23H2,(H,33,36). The minimum Gasteiger partial charge on any atom is -0.454 e. The summed E-state index contributed by atoms with van der Waals surface area (Å²) >= 11 is 0. The molecule has 1 unspecified atom stereocenters. The van der Waals surface area contributed by atoms with Gasteiger partial charge in [0, 0.05) is 26.2 Å². The Bertz CT molecular complexity index is 1320. The minimum atomic E-state index is -0.200. The van der Waals surface area contributed by atoms with Crippen molar-refractivity contribution in [2.45, 2.75) is 12.1 Å². The molecule has 1 atom stereocenters. The van der Waals surface area contributed by atoms with Crippen molar-refractivity contribution in [2.75, 3.05) is 33.0 Å². The number of hydrogen-bond donors (Lipinski definition) is 1. The summed E-state index contributed by atoms with van der Waals surface area (Å²) < 4.78 is 11.2. The van der Waals surface area contributed by atoms with Crippen molar-refractivity contribution < 1.29 is 14.3 Å². The lowest BCUT2D eigenvalue weighted by Crippen LogP contribution is -2.53. The van der Waals surface area contributed by atoms with E-state index in [1.54, 1.807) is 0 Å². The quantitative estimate of drug-likeness (QED) is 0.370. The molecule has 1 fully saturated rings. The van der Waals surface area contributed by atoms with Gasteiger partial charge in [0.2, 0.25) is 6.79 Å². The second-order valence-corrected chi connectivity index (χ2v) is 9.65. The molecule has 2 heterocycles. The van der Waals surface area contributed by atoms with Crippen molar-refractivity contribution in [3.05, 3.63) is 131 Å². The van der Waals surface area contributed by atoms with Gasteiger partial charge in [-0.15, -0.1) is 0 Å². The zero-order valence-electron chi connectivity index (χ0n) is 21.2. The van der Waals surface area contributed by atoms with Crippen molar-refractivity contribution in [2.24, 2.45) is 0 Å². The lowest BCUT2D eigenvalue weighted by Gasteiger charge is -2.40. The number of amides is 2. The first kappa shape index (κ1) is 24.1. The molecule has 0 spiro atoms. The summed E-state index contributed by atoms with van der Waals surface area (Å²) in [6, 6.07) is 36.8. The molecule has 192 valence electrons. The van der Waals surface area contributed by atoms with Crippen LogP contribution in [-0.2, 0) is 0 Å². The Hall–Kier alpha value is -4.29. The van der Waals surface area contributed by atoms with Gasteiger partial charge in [-0.2, -0.15) is 0 Å². The van der Waals surface area contributed by atoms with E-state index in [0.29, 0.717) is 13.1 Å². The Kier molecular flexibility index (Phi) is 6.96. The first-order valence-electron chi connectivity index (χ1n) is 13.1. The second kappa shape index (κ2) is 11.0. The number of piperazine rings is 1. The predicted molar refractivity (Wildman–Crippen MR) is 147 cm³/mol. The van der Waals surface area contributed by atoms with E-state index in [2.05, 4.69) is 70.9 Å². The predicted octanol–water partition coefficient (Wildman–Crippen LogP) is 5.62. The summed E-state index contributed by atoms with van der Waals surface area (Å²) in [5.74, 6) is 1.57. The fourth-order valence-corrected chi connectivity index (χ4v) is 5.38. The first-order valence-corrected chi connectivity index (χ1v) is 13.1. The maximum Gasteiger partial charge on any atom is 0.318 e. The molecule has 2 amide bonds. The Morgan fingerprint density at radius 3 is 1.79 bits per heavy atom. The highest BCUT2D eigenvalue weighted by Gasteiger charge is 2.30. The number of hydrogen-bond acceptors (Lipinski definition) is 4. The van der Waals surface area contributed by atoms with Crippen LogP contribution in [0, 0.1) is 0 Å². The van der Waals surface area contributed by atoms with Gasteiger partial charge in [-0.3, -0.25) is 4.90 Å². The highest BCUT2D eigenvalue weighted by atomic mass is 16.7. The number of fused-ring (bicyclic) bond motifs is 1. The Morgan fingerprint density at radius 2 is 1.18 bits per heavy atom. The summed E-state index contributed by atoms with van der Waals surface area (Å²) in [6.45, 7) is 3.09. The molecule has 0 bridgehead atoms. The average Bonchev–Trinajstić information content (AvgIpc) is 3.46. The van der Waals surface area contributed by atoms with Gasteiger partial charge in [0.1, 0.15) is 0 Å². The van der Waals surface area contributed by atoms with Crippen molar-refractivity contribution in [3.8, 4) is 11.5 Å². The second-order valence-electron chi connectivity index (χ2n) is 9.65. The largest absolute Gasteiger partial charge is 0.454 e. The maximum atomic E-state index is 13.5. The van der Waals surface area contributed by atoms with E-state index in [1.165, 1.54) is 5.56 Å². The molecule has 6 heteroatoms. The number of nitrogens with one attached hydrogen (secondary N) is 1. The number of ether oxygens (including phenoxy) is 2. The van der Waals surface area contributed by atoms with Crippen molar-refractivity contribution in [1.29, 1.82) is 0 Å². The fraction of sp³-hybridized carbons (Fsp3) is 0.219. The summed E-state index contributed by atoms with van der Waals surface area (Å²) in [5.41, 5.74) is 4.51. The van der Waals surface area contributed by atoms with Crippen molar-refractivity contribution in [1.82, 2.24) is 15.1 Å². The van der Waals surface area contributed by atoms with Gasteiger partial charge in [0.25, 0.3) is 0 Å². The fourth-order valence-electron chi connectivity index (χ4n) is 5.38. The van der Waals surface area contributed by atoms with Gasteiger partial charge in [0.15, 0.2) is 11.5 Å². The molecule has 0 saturated carbocycles. The number of nitrogens with zero attached hydrogens (tertiary/aromatic N) is 2. The zero-order chi connectivity index (χ0) is 25.7. The molecule has 6 nitrogen and oxygen atoms in total. The van der Waals surface area contributed by atoms with E-state index in [9.17, 15) is 4.79 Å². The van der Waals surface area contributed by atoms with Gasteiger partial charge in [-0.25, -0.2) is 4.79 Å². The summed E-state index contributed by atoms with van der Waals surface area (Å²) in [6.07, 6.45) is 0.